The molecule has 0 atom stereocenters. The molecule has 0 unspecified atom stereocenters. The summed E-state index contributed by atoms with van der Waals surface area (Å²) in [6.45, 7) is 4.20. The Balaban J connectivity index is 1.56. The first-order valence-electron chi connectivity index (χ1n) is 11.3. The second-order valence-corrected chi connectivity index (χ2v) is 7.94. The van der Waals surface area contributed by atoms with Gasteiger partial charge in [0, 0.05) is 29.6 Å². The summed E-state index contributed by atoms with van der Waals surface area (Å²) in [6, 6.07) is 7.44. The van der Waals surface area contributed by atoms with E-state index < -0.39 is 11.6 Å². The fourth-order valence-electron chi connectivity index (χ4n) is 3.31. The Morgan fingerprint density at radius 3 is 2.27 bits per heavy atom. The van der Waals surface area contributed by atoms with Crippen LogP contribution in [0.5, 0.6) is 11.5 Å². The lowest BCUT2D eigenvalue weighted by atomic mass is 10.1. The Bertz CT molecular complexity index is 1040. The lowest BCUT2D eigenvalue weighted by Gasteiger charge is -2.11. The molecule has 0 aliphatic carbocycles. The molecule has 0 aliphatic rings. The molecule has 0 saturated heterocycles. The van der Waals surface area contributed by atoms with E-state index in [-0.39, 0.29) is 23.7 Å². The van der Waals surface area contributed by atoms with E-state index in [0.717, 1.165) is 19.3 Å². The number of aromatic nitrogens is 2. The first-order valence-corrected chi connectivity index (χ1v) is 11.3. The van der Waals surface area contributed by atoms with E-state index >= 15 is 0 Å². The van der Waals surface area contributed by atoms with Gasteiger partial charge < -0.3 is 9.47 Å². The van der Waals surface area contributed by atoms with Crippen LogP contribution >= 0.6 is 0 Å². The standard InChI is InChI=1S/C26H29F3N2O2/c1-3-4-5-6-7-8-13-32-23-12-11-21(25(28)26(23)29)19-15-30-24(31-16-19)17-33-20-10-9-18(2)22(27)14-20/h9-12,14-16H,3-8,13,17H2,1-2H3. The largest absolute Gasteiger partial charge is 0.490 e. The Kier molecular flexibility index (Phi) is 9.10. The second kappa shape index (κ2) is 12.2. The van der Waals surface area contributed by atoms with Crippen molar-refractivity contribution in [3.8, 4) is 22.6 Å². The van der Waals surface area contributed by atoms with Crippen LogP contribution in [0.1, 0.15) is 56.8 Å². The van der Waals surface area contributed by atoms with Crippen LogP contribution in [0.25, 0.3) is 11.1 Å². The maximum atomic E-state index is 14.6. The number of hydrogen-bond donors (Lipinski definition) is 0. The van der Waals surface area contributed by atoms with E-state index in [1.54, 1.807) is 19.1 Å². The minimum atomic E-state index is -1.02. The maximum Gasteiger partial charge on any atom is 0.201 e. The van der Waals surface area contributed by atoms with E-state index in [0.29, 0.717) is 29.3 Å². The van der Waals surface area contributed by atoms with E-state index in [4.69, 9.17) is 9.47 Å². The lowest BCUT2D eigenvalue weighted by molar-refractivity contribution is 0.285. The molecule has 0 amide bonds. The van der Waals surface area contributed by atoms with Crippen LogP contribution < -0.4 is 9.47 Å². The number of halogens is 3. The van der Waals surface area contributed by atoms with Gasteiger partial charge in [0.25, 0.3) is 0 Å². The van der Waals surface area contributed by atoms with Crippen molar-refractivity contribution in [1.82, 2.24) is 9.97 Å². The molecular weight excluding hydrogens is 429 g/mol. The lowest BCUT2D eigenvalue weighted by Crippen LogP contribution is -2.03. The summed E-state index contributed by atoms with van der Waals surface area (Å²) in [4.78, 5) is 8.29. The summed E-state index contributed by atoms with van der Waals surface area (Å²) in [5.41, 5.74) is 0.905. The first kappa shape index (κ1) is 24.6. The molecule has 1 heterocycles. The molecular formula is C26H29F3N2O2. The summed E-state index contributed by atoms with van der Waals surface area (Å²) < 4.78 is 53.6. The molecule has 0 aliphatic heterocycles. The van der Waals surface area contributed by atoms with Gasteiger partial charge >= 0.3 is 0 Å². The van der Waals surface area contributed by atoms with Gasteiger partial charge in [-0.25, -0.2) is 18.7 Å². The van der Waals surface area contributed by atoms with Crippen LogP contribution in [0.2, 0.25) is 0 Å². The predicted molar refractivity (Wildman–Crippen MR) is 122 cm³/mol. The molecule has 3 rings (SSSR count). The van der Waals surface area contributed by atoms with Crippen LogP contribution in [0.4, 0.5) is 13.2 Å². The third-order valence-electron chi connectivity index (χ3n) is 5.33. The normalized spacial score (nSPS) is 10.9. The minimum absolute atomic E-state index is 0.0187. The third-order valence-corrected chi connectivity index (χ3v) is 5.33. The van der Waals surface area contributed by atoms with Crippen molar-refractivity contribution in [3.63, 3.8) is 0 Å². The molecule has 1 aromatic heterocycles. The number of rotatable bonds is 12. The third kappa shape index (κ3) is 6.94. The van der Waals surface area contributed by atoms with Crippen LogP contribution in [-0.4, -0.2) is 16.6 Å². The molecule has 0 spiro atoms. The van der Waals surface area contributed by atoms with E-state index in [2.05, 4.69) is 16.9 Å². The van der Waals surface area contributed by atoms with Gasteiger partial charge in [-0.1, -0.05) is 45.1 Å². The number of unbranched alkanes of at least 4 members (excludes halogenated alkanes) is 5. The summed E-state index contributed by atoms with van der Waals surface area (Å²) in [7, 11) is 0. The predicted octanol–water partition coefficient (Wildman–Crippen LogP) is 7.19. The van der Waals surface area contributed by atoms with E-state index in [1.807, 2.05) is 0 Å². The highest BCUT2D eigenvalue weighted by molar-refractivity contribution is 5.63. The molecule has 0 saturated carbocycles. The van der Waals surface area contributed by atoms with Crippen molar-refractivity contribution in [3.05, 3.63) is 71.6 Å². The van der Waals surface area contributed by atoms with E-state index in [1.165, 1.54) is 49.9 Å². The highest BCUT2D eigenvalue weighted by Crippen LogP contribution is 2.29. The average molecular weight is 459 g/mol. The maximum absolute atomic E-state index is 14.6. The van der Waals surface area contributed by atoms with Crippen molar-refractivity contribution in [2.45, 2.75) is 59.0 Å². The van der Waals surface area contributed by atoms with Gasteiger partial charge in [-0.05, 0) is 37.1 Å². The van der Waals surface area contributed by atoms with Crippen molar-refractivity contribution >= 4 is 0 Å². The summed E-state index contributed by atoms with van der Waals surface area (Å²) >= 11 is 0. The molecule has 0 bridgehead atoms. The number of benzene rings is 2. The van der Waals surface area contributed by atoms with Crippen LogP contribution in [0.3, 0.4) is 0 Å². The highest BCUT2D eigenvalue weighted by Gasteiger charge is 2.16. The zero-order chi connectivity index (χ0) is 23.6. The molecule has 0 N–H and O–H groups in total. The van der Waals surface area contributed by atoms with Crippen molar-refractivity contribution in [2.75, 3.05) is 6.61 Å². The summed E-state index contributed by atoms with van der Waals surface area (Å²) in [5.74, 6) is -1.79. The molecule has 33 heavy (non-hydrogen) atoms. The van der Waals surface area contributed by atoms with Gasteiger partial charge in [-0.2, -0.15) is 4.39 Å². The minimum Gasteiger partial charge on any atom is -0.490 e. The smallest absolute Gasteiger partial charge is 0.201 e. The first-order chi connectivity index (χ1) is 16.0. The SMILES string of the molecule is CCCCCCCCOc1ccc(-c2cnc(COc3ccc(C)c(F)c3)nc2)c(F)c1F. The van der Waals surface area contributed by atoms with E-state index in [9.17, 15) is 13.2 Å². The van der Waals surface area contributed by atoms with Crippen LogP contribution in [-0.2, 0) is 6.61 Å². The highest BCUT2D eigenvalue weighted by atomic mass is 19.2. The molecule has 3 aromatic rings. The summed E-state index contributed by atoms with van der Waals surface area (Å²) in [5, 5.41) is 0. The summed E-state index contributed by atoms with van der Waals surface area (Å²) in [6.07, 6.45) is 9.32. The fraction of sp³-hybridized carbons (Fsp3) is 0.385. The molecule has 2 aromatic carbocycles. The number of aryl methyl sites for hydroxylation is 1. The monoisotopic (exact) mass is 458 g/mol. The van der Waals surface area contributed by atoms with Crippen molar-refractivity contribution < 1.29 is 22.6 Å². The van der Waals surface area contributed by atoms with Crippen LogP contribution in [0, 0.1) is 24.4 Å². The molecule has 176 valence electrons. The topological polar surface area (TPSA) is 44.2 Å². The molecule has 0 fully saturated rings. The van der Waals surface area contributed by atoms with Gasteiger partial charge in [0.1, 0.15) is 18.2 Å². The Hall–Kier alpha value is -3.09. The van der Waals surface area contributed by atoms with Gasteiger partial charge in [-0.15, -0.1) is 0 Å². The van der Waals surface area contributed by atoms with Crippen molar-refractivity contribution in [1.29, 1.82) is 0 Å². The van der Waals surface area contributed by atoms with Crippen LogP contribution in [0.15, 0.2) is 42.7 Å². The Morgan fingerprint density at radius 1 is 0.818 bits per heavy atom. The molecule has 4 nitrogen and oxygen atoms in total. The van der Waals surface area contributed by atoms with Gasteiger partial charge in [0.15, 0.2) is 17.4 Å². The van der Waals surface area contributed by atoms with Gasteiger partial charge in [0.05, 0.1) is 6.61 Å². The zero-order valence-corrected chi connectivity index (χ0v) is 19.0. The second-order valence-electron chi connectivity index (χ2n) is 7.94. The molecule has 7 heteroatoms. The van der Waals surface area contributed by atoms with Gasteiger partial charge in [0.2, 0.25) is 5.82 Å². The Labute approximate surface area is 192 Å². The number of nitrogens with zero attached hydrogens (tertiary/aromatic N) is 2. The van der Waals surface area contributed by atoms with Crippen molar-refractivity contribution in [2.24, 2.45) is 0 Å². The zero-order valence-electron chi connectivity index (χ0n) is 19.0. The molecule has 0 radical (unpaired) electrons. The average Bonchev–Trinajstić information content (AvgIpc) is 2.82. The Morgan fingerprint density at radius 2 is 1.55 bits per heavy atom. The number of ether oxygens (including phenoxy) is 2. The quantitative estimate of drug-likeness (QED) is 0.270. The fourth-order valence-corrected chi connectivity index (χ4v) is 3.31. The van der Waals surface area contributed by atoms with Gasteiger partial charge in [-0.3, -0.25) is 0 Å². The number of hydrogen-bond acceptors (Lipinski definition) is 4.